The van der Waals surface area contributed by atoms with E-state index in [0.717, 1.165) is 6.54 Å². The fourth-order valence-corrected chi connectivity index (χ4v) is 1.45. The average Bonchev–Trinajstić information content (AvgIpc) is 2.25. The summed E-state index contributed by atoms with van der Waals surface area (Å²) in [4.78, 5) is 0. The van der Waals surface area contributed by atoms with Gasteiger partial charge in [0.25, 0.3) is 0 Å². The van der Waals surface area contributed by atoms with Crippen LogP contribution in [0.15, 0.2) is 48.8 Å². The molecule has 0 atom stereocenters. The molecule has 0 saturated heterocycles. The van der Waals surface area contributed by atoms with E-state index in [0.29, 0.717) is 5.75 Å². The van der Waals surface area contributed by atoms with Crippen LogP contribution in [0.5, 0.6) is 5.75 Å². The number of phenolic OH excluding ortho intramolecular Hbond substituents is 1. The summed E-state index contributed by atoms with van der Waals surface area (Å²) >= 11 is 0. The lowest BCUT2D eigenvalue weighted by atomic mass is 10.2. The Morgan fingerprint density at radius 2 is 1.60 bits per heavy atom. The van der Waals surface area contributed by atoms with Gasteiger partial charge in [-0.3, -0.25) is 0 Å². The van der Waals surface area contributed by atoms with Crippen molar-refractivity contribution in [1.29, 1.82) is 0 Å². The molecule has 0 aliphatic rings. The highest BCUT2D eigenvalue weighted by Crippen LogP contribution is 2.09. The van der Waals surface area contributed by atoms with E-state index in [2.05, 4.69) is 36.0 Å². The van der Waals surface area contributed by atoms with Crippen molar-refractivity contribution >= 4 is 0 Å². The zero-order chi connectivity index (χ0) is 10.7. The summed E-state index contributed by atoms with van der Waals surface area (Å²) in [5.74, 6) is 0.313. The summed E-state index contributed by atoms with van der Waals surface area (Å²) in [6.45, 7) is 2.91. The number of aromatic hydroxyl groups is 1. The second kappa shape index (κ2) is 4.13. The lowest BCUT2D eigenvalue weighted by molar-refractivity contribution is -0.688. The van der Waals surface area contributed by atoms with E-state index < -0.39 is 0 Å². The van der Waals surface area contributed by atoms with Gasteiger partial charge in [0.05, 0.1) is 0 Å². The molecule has 0 fully saturated rings. The molecule has 0 bridgehead atoms. The zero-order valence-electron chi connectivity index (χ0n) is 8.72. The van der Waals surface area contributed by atoms with Gasteiger partial charge in [0.2, 0.25) is 0 Å². The fraction of sp³-hybridized carbons (Fsp3) is 0.154. The van der Waals surface area contributed by atoms with E-state index in [4.69, 9.17) is 5.11 Å². The predicted molar refractivity (Wildman–Crippen MR) is 58.6 cm³/mol. The van der Waals surface area contributed by atoms with Crippen molar-refractivity contribution in [1.82, 2.24) is 0 Å². The van der Waals surface area contributed by atoms with Crippen LogP contribution in [0.1, 0.15) is 11.1 Å². The van der Waals surface area contributed by atoms with Crippen molar-refractivity contribution in [3.05, 3.63) is 59.9 Å². The molecule has 2 rings (SSSR count). The van der Waals surface area contributed by atoms with Gasteiger partial charge in [-0.2, -0.15) is 0 Å². The maximum atomic E-state index is 9.15. The van der Waals surface area contributed by atoms with Crippen molar-refractivity contribution in [3.8, 4) is 5.75 Å². The third-order valence-corrected chi connectivity index (χ3v) is 2.36. The van der Waals surface area contributed by atoms with Crippen LogP contribution in [-0.2, 0) is 6.54 Å². The predicted octanol–water partition coefficient (Wildman–Crippen LogP) is 2.04. The monoisotopic (exact) mass is 200 g/mol. The Balaban J connectivity index is 2.15. The molecule has 0 saturated carbocycles. The highest BCUT2D eigenvalue weighted by atomic mass is 16.3. The van der Waals surface area contributed by atoms with Crippen molar-refractivity contribution in [3.63, 3.8) is 0 Å². The standard InChI is InChI=1S/C13H13NO/c1-11-6-8-14(9-7-11)10-12-2-4-13(15)5-3-12/h2-9H,10H2,1H3/p+1. The van der Waals surface area contributed by atoms with Gasteiger partial charge in [-0.25, -0.2) is 4.57 Å². The van der Waals surface area contributed by atoms with Crippen LogP contribution in [0.4, 0.5) is 0 Å². The van der Waals surface area contributed by atoms with Crippen LogP contribution in [0.3, 0.4) is 0 Å². The molecule has 0 unspecified atom stereocenters. The van der Waals surface area contributed by atoms with E-state index >= 15 is 0 Å². The fourth-order valence-electron chi connectivity index (χ4n) is 1.45. The molecular formula is C13H14NO+. The first-order valence-electron chi connectivity index (χ1n) is 4.98. The van der Waals surface area contributed by atoms with Gasteiger partial charge in [0.1, 0.15) is 5.75 Å². The Bertz CT molecular complexity index is 388. The number of benzene rings is 1. The maximum absolute atomic E-state index is 9.15. The van der Waals surface area contributed by atoms with Crippen molar-refractivity contribution in [2.45, 2.75) is 13.5 Å². The van der Waals surface area contributed by atoms with Crippen LogP contribution in [0.25, 0.3) is 0 Å². The van der Waals surface area contributed by atoms with Crippen LogP contribution in [0.2, 0.25) is 0 Å². The molecule has 1 heterocycles. The van der Waals surface area contributed by atoms with Gasteiger partial charge < -0.3 is 5.11 Å². The Labute approximate surface area is 89.4 Å². The van der Waals surface area contributed by atoms with E-state index in [-0.39, 0.29) is 0 Å². The van der Waals surface area contributed by atoms with Crippen molar-refractivity contribution in [2.24, 2.45) is 0 Å². The van der Waals surface area contributed by atoms with Gasteiger partial charge in [-0.05, 0) is 36.8 Å². The topological polar surface area (TPSA) is 24.1 Å². The Morgan fingerprint density at radius 3 is 2.20 bits per heavy atom. The molecule has 0 amide bonds. The van der Waals surface area contributed by atoms with E-state index in [1.807, 2.05) is 12.1 Å². The quantitative estimate of drug-likeness (QED) is 0.737. The highest BCUT2D eigenvalue weighted by Gasteiger charge is 2.01. The van der Waals surface area contributed by atoms with E-state index in [1.165, 1.54) is 11.1 Å². The summed E-state index contributed by atoms with van der Waals surface area (Å²) < 4.78 is 2.11. The van der Waals surface area contributed by atoms with Gasteiger partial charge in [-0.1, -0.05) is 0 Å². The minimum Gasteiger partial charge on any atom is -0.508 e. The Morgan fingerprint density at radius 1 is 1.00 bits per heavy atom. The molecule has 1 aromatic heterocycles. The number of hydrogen-bond acceptors (Lipinski definition) is 1. The molecular weight excluding hydrogens is 186 g/mol. The van der Waals surface area contributed by atoms with E-state index in [1.54, 1.807) is 12.1 Å². The summed E-state index contributed by atoms with van der Waals surface area (Å²) in [6, 6.07) is 11.5. The van der Waals surface area contributed by atoms with Crippen molar-refractivity contribution < 1.29 is 9.67 Å². The van der Waals surface area contributed by atoms with Gasteiger partial charge in [0, 0.05) is 17.7 Å². The number of aromatic nitrogens is 1. The second-order valence-corrected chi connectivity index (χ2v) is 3.71. The minimum absolute atomic E-state index is 0.313. The number of nitrogens with zero attached hydrogens (tertiary/aromatic N) is 1. The number of hydrogen-bond donors (Lipinski definition) is 1. The molecule has 0 aliphatic carbocycles. The number of aryl methyl sites for hydroxylation is 1. The third kappa shape index (κ3) is 2.56. The second-order valence-electron chi connectivity index (χ2n) is 3.71. The lowest BCUT2D eigenvalue weighted by Gasteiger charge is -1.98. The summed E-state index contributed by atoms with van der Waals surface area (Å²) in [5, 5.41) is 9.15. The first kappa shape index (κ1) is 9.71. The average molecular weight is 200 g/mol. The smallest absolute Gasteiger partial charge is 0.173 e. The Kier molecular flexibility index (Phi) is 2.68. The number of pyridine rings is 1. The minimum atomic E-state index is 0.313. The SMILES string of the molecule is Cc1cc[n+](Cc2ccc(O)cc2)cc1. The summed E-state index contributed by atoms with van der Waals surface area (Å²) in [6.07, 6.45) is 4.12. The van der Waals surface area contributed by atoms with Crippen LogP contribution >= 0.6 is 0 Å². The first-order chi connectivity index (χ1) is 7.24. The molecule has 2 heteroatoms. The molecule has 76 valence electrons. The van der Waals surface area contributed by atoms with Crippen molar-refractivity contribution in [2.75, 3.05) is 0 Å². The van der Waals surface area contributed by atoms with Gasteiger partial charge in [-0.15, -0.1) is 0 Å². The molecule has 0 radical (unpaired) electrons. The highest BCUT2D eigenvalue weighted by molar-refractivity contribution is 5.25. The first-order valence-corrected chi connectivity index (χ1v) is 4.98. The zero-order valence-corrected chi connectivity index (χ0v) is 8.72. The largest absolute Gasteiger partial charge is 0.508 e. The lowest BCUT2D eigenvalue weighted by Crippen LogP contribution is -2.32. The molecule has 2 nitrogen and oxygen atoms in total. The number of phenols is 1. The van der Waals surface area contributed by atoms with Crippen LogP contribution in [0, 0.1) is 6.92 Å². The molecule has 1 N–H and O–H groups in total. The molecule has 0 spiro atoms. The molecule has 2 aromatic rings. The molecule has 15 heavy (non-hydrogen) atoms. The molecule has 0 aliphatic heterocycles. The van der Waals surface area contributed by atoms with Gasteiger partial charge >= 0.3 is 0 Å². The number of rotatable bonds is 2. The normalized spacial score (nSPS) is 10.2. The van der Waals surface area contributed by atoms with E-state index in [9.17, 15) is 0 Å². The van der Waals surface area contributed by atoms with Crippen LogP contribution < -0.4 is 4.57 Å². The maximum Gasteiger partial charge on any atom is 0.173 e. The third-order valence-electron chi connectivity index (χ3n) is 2.36. The summed E-state index contributed by atoms with van der Waals surface area (Å²) in [7, 11) is 0. The van der Waals surface area contributed by atoms with Gasteiger partial charge in [0.15, 0.2) is 18.9 Å². The molecule has 1 aromatic carbocycles. The Hall–Kier alpha value is -1.83. The summed E-state index contributed by atoms with van der Waals surface area (Å²) in [5.41, 5.74) is 2.44. The van der Waals surface area contributed by atoms with Crippen LogP contribution in [-0.4, -0.2) is 5.11 Å².